The van der Waals surface area contributed by atoms with Gasteiger partial charge < -0.3 is 15.6 Å². The Balaban J connectivity index is 2.12. The Bertz CT molecular complexity index is 992. The fourth-order valence-corrected chi connectivity index (χ4v) is 3.03. The predicted octanol–water partition coefficient (Wildman–Crippen LogP) is 1.75. The van der Waals surface area contributed by atoms with E-state index in [0.29, 0.717) is 0 Å². The maximum Gasteiger partial charge on any atom is 0.352 e. The molecule has 0 radical (unpaired) electrons. The molecule has 0 saturated heterocycles. The van der Waals surface area contributed by atoms with Crippen LogP contribution in [-0.4, -0.2) is 33.2 Å². The molecular weight excluding hydrogens is 365 g/mol. The number of rotatable bonds is 4. The summed E-state index contributed by atoms with van der Waals surface area (Å²) in [6.45, 7) is 5.72. The number of anilines is 1. The second-order valence-corrected chi connectivity index (χ2v) is 7.68. The van der Waals surface area contributed by atoms with Gasteiger partial charge in [0.05, 0.1) is 12.8 Å². The van der Waals surface area contributed by atoms with Crippen LogP contribution in [0.15, 0.2) is 47.4 Å². The van der Waals surface area contributed by atoms with Crippen molar-refractivity contribution in [2.75, 3.05) is 12.3 Å². The molecule has 0 unspecified atom stereocenters. The molecule has 7 nitrogen and oxygen atoms in total. The molecule has 1 aliphatic heterocycles. The van der Waals surface area contributed by atoms with Crippen LogP contribution in [0.4, 0.5) is 10.2 Å². The molecule has 0 aliphatic carbocycles. The predicted molar refractivity (Wildman–Crippen MR) is 101 cm³/mol. The number of nitrogens with two attached hydrogens (primary N) is 1. The van der Waals surface area contributed by atoms with Gasteiger partial charge in [-0.15, -0.1) is 0 Å². The number of benzene rings is 1. The van der Waals surface area contributed by atoms with Crippen LogP contribution < -0.4 is 11.4 Å². The van der Waals surface area contributed by atoms with Gasteiger partial charge in [-0.2, -0.15) is 4.98 Å². The van der Waals surface area contributed by atoms with E-state index < -0.39 is 41.5 Å². The van der Waals surface area contributed by atoms with Crippen molar-refractivity contribution in [3.63, 3.8) is 0 Å². The van der Waals surface area contributed by atoms with Crippen LogP contribution in [0, 0.1) is 5.82 Å². The zero-order chi connectivity index (χ0) is 20.7. The number of nitrogens with zero attached hydrogens (tertiary/aromatic N) is 2. The van der Waals surface area contributed by atoms with E-state index in [9.17, 15) is 19.1 Å². The number of hydrogen-bond acceptors (Lipinski definition) is 6. The summed E-state index contributed by atoms with van der Waals surface area (Å²) in [5, 5.41) is 9.41. The first-order chi connectivity index (χ1) is 13.1. The van der Waals surface area contributed by atoms with Crippen LogP contribution in [0.1, 0.15) is 36.7 Å². The van der Waals surface area contributed by atoms with Crippen LogP contribution in [-0.2, 0) is 15.9 Å². The lowest BCUT2D eigenvalue weighted by Crippen LogP contribution is -2.48. The van der Waals surface area contributed by atoms with E-state index in [4.69, 9.17) is 10.5 Å². The highest BCUT2D eigenvalue weighted by Crippen LogP contribution is 2.32. The van der Waals surface area contributed by atoms with Gasteiger partial charge in [0.25, 0.3) is 0 Å². The van der Waals surface area contributed by atoms with Gasteiger partial charge in [0.1, 0.15) is 6.10 Å². The third kappa shape index (κ3) is 3.36. The monoisotopic (exact) mass is 387 g/mol. The van der Waals surface area contributed by atoms with Crippen LogP contribution in [0.25, 0.3) is 0 Å². The third-order valence-corrected chi connectivity index (χ3v) is 4.65. The minimum Gasteiger partial charge on any atom is -0.393 e. The van der Waals surface area contributed by atoms with Crippen molar-refractivity contribution in [1.29, 1.82) is 0 Å². The Labute approximate surface area is 161 Å². The standard InChI is InChI=1S/C20H22FN3O4/c1-19(2,3)13-6-4-12(5-7-13)16(26)20(9-8-14(11-25)28-20)24-10-15(21)17(22)23-18(24)27/h4-10,14,25H,11H2,1-3H3,(H2,22,23,27)/t14-,20-/m0/s1. The fraction of sp³-hybridized carbons (Fsp3) is 0.350. The topological polar surface area (TPSA) is 107 Å². The summed E-state index contributed by atoms with van der Waals surface area (Å²) in [6.07, 6.45) is 2.73. The quantitative estimate of drug-likeness (QED) is 0.611. The number of ketones is 1. The molecule has 0 fully saturated rings. The van der Waals surface area contributed by atoms with Crippen molar-refractivity contribution in [3.8, 4) is 0 Å². The lowest BCUT2D eigenvalue weighted by atomic mass is 9.86. The van der Waals surface area contributed by atoms with Crippen LogP contribution in [0.2, 0.25) is 0 Å². The van der Waals surface area contributed by atoms with E-state index >= 15 is 0 Å². The maximum absolute atomic E-state index is 14.0. The second kappa shape index (κ2) is 6.96. The van der Waals surface area contributed by atoms with E-state index in [2.05, 4.69) is 4.98 Å². The second-order valence-electron chi connectivity index (χ2n) is 7.68. The van der Waals surface area contributed by atoms with Gasteiger partial charge >= 0.3 is 5.69 Å². The van der Waals surface area contributed by atoms with Gasteiger partial charge in [0.2, 0.25) is 11.5 Å². The number of aliphatic hydroxyl groups excluding tert-OH is 1. The summed E-state index contributed by atoms with van der Waals surface area (Å²) in [6, 6.07) is 6.88. The lowest BCUT2D eigenvalue weighted by Gasteiger charge is -2.29. The van der Waals surface area contributed by atoms with Crippen molar-refractivity contribution >= 4 is 11.6 Å². The van der Waals surface area contributed by atoms with Crippen LogP contribution in [0.5, 0.6) is 0 Å². The van der Waals surface area contributed by atoms with Gasteiger partial charge in [0, 0.05) is 5.56 Å². The lowest BCUT2D eigenvalue weighted by molar-refractivity contribution is -0.0708. The van der Waals surface area contributed by atoms with Crippen molar-refractivity contribution in [1.82, 2.24) is 9.55 Å². The van der Waals surface area contributed by atoms with Crippen molar-refractivity contribution in [2.45, 2.75) is 38.0 Å². The molecule has 0 spiro atoms. The number of aromatic nitrogens is 2. The molecule has 0 amide bonds. The first-order valence-corrected chi connectivity index (χ1v) is 8.77. The molecule has 1 aromatic carbocycles. The highest BCUT2D eigenvalue weighted by atomic mass is 19.1. The molecule has 2 atom stereocenters. The van der Waals surface area contributed by atoms with Gasteiger partial charge in [-0.25, -0.2) is 9.18 Å². The highest BCUT2D eigenvalue weighted by molar-refractivity contribution is 6.02. The molecule has 0 bridgehead atoms. The Hall–Kier alpha value is -2.84. The van der Waals surface area contributed by atoms with Crippen molar-refractivity contribution in [2.24, 2.45) is 0 Å². The number of ether oxygens (including phenoxy) is 1. The zero-order valence-corrected chi connectivity index (χ0v) is 15.8. The first kappa shape index (κ1) is 19.9. The average Bonchev–Trinajstić information content (AvgIpc) is 3.09. The first-order valence-electron chi connectivity index (χ1n) is 8.77. The molecule has 3 rings (SSSR count). The number of carbonyl (C=O) groups is 1. The Morgan fingerprint density at radius 3 is 2.54 bits per heavy atom. The third-order valence-electron chi connectivity index (χ3n) is 4.65. The van der Waals surface area contributed by atoms with E-state index in [1.807, 2.05) is 32.9 Å². The molecule has 148 valence electrons. The van der Waals surface area contributed by atoms with E-state index in [1.54, 1.807) is 12.1 Å². The smallest absolute Gasteiger partial charge is 0.352 e. The number of hydrogen-bond donors (Lipinski definition) is 2. The van der Waals surface area contributed by atoms with Gasteiger partial charge in [-0.1, -0.05) is 51.1 Å². The molecule has 1 aromatic heterocycles. The molecule has 2 aromatic rings. The van der Waals surface area contributed by atoms with Crippen molar-refractivity contribution < 1.29 is 19.0 Å². The van der Waals surface area contributed by atoms with E-state index in [1.165, 1.54) is 12.2 Å². The minimum atomic E-state index is -1.96. The largest absolute Gasteiger partial charge is 0.393 e. The number of nitrogen functional groups attached to an aromatic ring is 1. The van der Waals surface area contributed by atoms with Crippen LogP contribution in [0.3, 0.4) is 0 Å². The Morgan fingerprint density at radius 1 is 1.36 bits per heavy atom. The number of halogens is 1. The van der Waals surface area contributed by atoms with Crippen molar-refractivity contribution in [3.05, 3.63) is 70.0 Å². The minimum absolute atomic E-state index is 0.105. The van der Waals surface area contributed by atoms with Gasteiger partial charge in [-0.05, 0) is 17.1 Å². The Kier molecular flexibility index (Phi) is 4.95. The average molecular weight is 387 g/mol. The zero-order valence-electron chi connectivity index (χ0n) is 15.8. The molecular formula is C20H22FN3O4. The molecule has 8 heteroatoms. The SMILES string of the molecule is CC(C)(C)c1ccc(C(=O)[C@]2(n3cc(F)c(N)nc3=O)C=C[C@@H](CO)O2)cc1. The van der Waals surface area contributed by atoms with E-state index in [0.717, 1.165) is 16.3 Å². The summed E-state index contributed by atoms with van der Waals surface area (Å²) in [7, 11) is 0. The number of Topliss-reactive ketones (excluding diaryl/α,β-unsaturated/α-hetero) is 1. The number of carbonyl (C=O) groups excluding carboxylic acids is 1. The summed E-state index contributed by atoms with van der Waals surface area (Å²) in [5.41, 5.74) is 3.62. The summed E-state index contributed by atoms with van der Waals surface area (Å²) in [4.78, 5) is 29.1. The van der Waals surface area contributed by atoms with Gasteiger partial charge in [0.15, 0.2) is 11.6 Å². The van der Waals surface area contributed by atoms with Crippen LogP contribution >= 0.6 is 0 Å². The number of aliphatic hydroxyl groups is 1. The molecule has 2 heterocycles. The highest BCUT2D eigenvalue weighted by Gasteiger charge is 2.46. The Morgan fingerprint density at radius 2 is 2.00 bits per heavy atom. The summed E-state index contributed by atoms with van der Waals surface area (Å²) < 4.78 is 20.5. The molecule has 0 saturated carbocycles. The summed E-state index contributed by atoms with van der Waals surface area (Å²) in [5.74, 6) is -2.12. The summed E-state index contributed by atoms with van der Waals surface area (Å²) >= 11 is 0. The van der Waals surface area contributed by atoms with E-state index in [-0.39, 0.29) is 11.0 Å². The molecule has 28 heavy (non-hydrogen) atoms. The van der Waals surface area contributed by atoms with Gasteiger partial charge in [-0.3, -0.25) is 9.36 Å². The maximum atomic E-state index is 14.0. The molecule has 3 N–H and O–H groups in total. The fourth-order valence-electron chi connectivity index (χ4n) is 3.03. The molecule has 1 aliphatic rings. The normalized spacial score (nSPS) is 21.8.